The molecule has 1 saturated carbocycles. The highest BCUT2D eigenvalue weighted by atomic mass is 79.9. The fourth-order valence-corrected chi connectivity index (χ4v) is 3.49. The van der Waals surface area contributed by atoms with Gasteiger partial charge in [0, 0.05) is 23.1 Å². The number of fused-ring (bicyclic) bond motifs is 1. The van der Waals surface area contributed by atoms with Crippen LogP contribution in [0.1, 0.15) is 19.3 Å². The van der Waals surface area contributed by atoms with Crippen LogP contribution in [-0.4, -0.2) is 31.1 Å². The zero-order chi connectivity index (χ0) is 14.7. The minimum absolute atomic E-state index is 0.0441. The number of hydrogen-bond acceptors (Lipinski definition) is 4. The highest BCUT2D eigenvalue weighted by Crippen LogP contribution is 2.26. The van der Waals surface area contributed by atoms with Crippen LogP contribution in [-0.2, 0) is 4.79 Å². The summed E-state index contributed by atoms with van der Waals surface area (Å²) in [6, 6.07) is 8.35. The number of benzene rings is 1. The first-order chi connectivity index (χ1) is 10.2. The van der Waals surface area contributed by atoms with Gasteiger partial charge in [-0.2, -0.15) is 0 Å². The third kappa shape index (κ3) is 3.96. The molecular weight excluding hydrogens is 334 g/mol. The lowest BCUT2D eigenvalue weighted by atomic mass is 9.83. The smallest absolute Gasteiger partial charge is 0.258 e. The molecule has 1 saturated heterocycles. The third-order valence-corrected chi connectivity index (χ3v) is 4.66. The Hall–Kier alpha value is -1.11. The van der Waals surface area contributed by atoms with Crippen LogP contribution in [0.25, 0.3) is 0 Å². The fraction of sp³-hybridized carbons (Fsp3) is 0.533. The maximum absolute atomic E-state index is 12.0. The molecule has 0 bridgehead atoms. The van der Waals surface area contributed by atoms with Gasteiger partial charge in [-0.25, -0.2) is 0 Å². The number of carbonyl (C=O) groups is 1. The van der Waals surface area contributed by atoms with Gasteiger partial charge < -0.3 is 10.1 Å². The van der Waals surface area contributed by atoms with Crippen molar-refractivity contribution in [3.05, 3.63) is 28.7 Å². The molecule has 0 spiro atoms. The molecule has 114 valence electrons. The lowest BCUT2D eigenvalue weighted by Crippen LogP contribution is -2.45. The Bertz CT molecular complexity index is 511. The highest BCUT2D eigenvalue weighted by Gasteiger charge is 2.34. The van der Waals surface area contributed by atoms with Crippen LogP contribution in [0.4, 0.5) is 0 Å². The van der Waals surface area contributed by atoms with E-state index in [2.05, 4.69) is 32.1 Å². The summed E-state index contributed by atoms with van der Waals surface area (Å²) < 4.78 is 6.45. The number of hydrogen-bond donors (Lipinski definition) is 3. The van der Waals surface area contributed by atoms with Gasteiger partial charge in [0.15, 0.2) is 6.61 Å². The van der Waals surface area contributed by atoms with Gasteiger partial charge in [0.25, 0.3) is 5.91 Å². The quantitative estimate of drug-likeness (QED) is 0.769. The van der Waals surface area contributed by atoms with Crippen molar-refractivity contribution in [2.24, 2.45) is 5.92 Å². The van der Waals surface area contributed by atoms with Gasteiger partial charge >= 0.3 is 0 Å². The number of rotatable bonds is 4. The summed E-state index contributed by atoms with van der Waals surface area (Å²) in [6.07, 6.45) is 3.17. The molecule has 6 heteroatoms. The first kappa shape index (κ1) is 14.8. The summed E-state index contributed by atoms with van der Waals surface area (Å²) in [5.74, 6) is 1.28. The maximum Gasteiger partial charge on any atom is 0.258 e. The van der Waals surface area contributed by atoms with E-state index in [1.54, 1.807) is 0 Å². The SMILES string of the molecule is O=C(COc1cccc(Br)c1)NC1CCC2NNCC2C1. The highest BCUT2D eigenvalue weighted by molar-refractivity contribution is 9.10. The Labute approximate surface area is 132 Å². The molecule has 1 aromatic rings. The van der Waals surface area contributed by atoms with Crippen molar-refractivity contribution in [1.29, 1.82) is 0 Å². The van der Waals surface area contributed by atoms with Gasteiger partial charge in [0.2, 0.25) is 0 Å². The van der Waals surface area contributed by atoms with Crippen molar-refractivity contribution in [2.45, 2.75) is 31.3 Å². The molecule has 0 radical (unpaired) electrons. The zero-order valence-corrected chi connectivity index (χ0v) is 13.4. The Kier molecular flexibility index (Phi) is 4.77. The van der Waals surface area contributed by atoms with E-state index in [0.717, 1.165) is 30.3 Å². The molecule has 21 heavy (non-hydrogen) atoms. The summed E-state index contributed by atoms with van der Waals surface area (Å²) in [7, 11) is 0. The first-order valence-corrected chi connectivity index (χ1v) is 8.16. The minimum Gasteiger partial charge on any atom is -0.484 e. The van der Waals surface area contributed by atoms with Crippen LogP contribution in [0.2, 0.25) is 0 Å². The molecule has 3 rings (SSSR count). The minimum atomic E-state index is -0.0441. The van der Waals surface area contributed by atoms with Crippen molar-refractivity contribution in [3.8, 4) is 5.75 Å². The molecule has 2 aliphatic rings. The topological polar surface area (TPSA) is 62.4 Å². The lowest BCUT2D eigenvalue weighted by molar-refractivity contribution is -0.124. The lowest BCUT2D eigenvalue weighted by Gasteiger charge is -2.31. The van der Waals surface area contributed by atoms with Crippen molar-refractivity contribution in [1.82, 2.24) is 16.2 Å². The first-order valence-electron chi connectivity index (χ1n) is 7.37. The zero-order valence-electron chi connectivity index (χ0n) is 11.8. The molecule has 0 aromatic heterocycles. The molecule has 5 nitrogen and oxygen atoms in total. The molecular formula is C15H20BrN3O2. The summed E-state index contributed by atoms with van der Waals surface area (Å²) in [6.45, 7) is 1.06. The van der Waals surface area contributed by atoms with Crippen LogP contribution in [0.3, 0.4) is 0 Å². The standard InChI is InChI=1S/C15H20BrN3O2/c16-11-2-1-3-13(7-11)21-9-15(20)18-12-4-5-14-10(6-12)8-17-19-14/h1-3,7,10,12,14,17,19H,4-6,8-9H2,(H,18,20). The molecule has 2 fully saturated rings. The van der Waals surface area contributed by atoms with E-state index in [4.69, 9.17) is 4.74 Å². The number of nitrogens with one attached hydrogen (secondary N) is 3. The average Bonchev–Trinajstić information content (AvgIpc) is 2.93. The molecule has 3 unspecified atom stereocenters. The fourth-order valence-electron chi connectivity index (χ4n) is 3.11. The molecule has 3 N–H and O–H groups in total. The summed E-state index contributed by atoms with van der Waals surface area (Å²) in [5, 5.41) is 3.09. The molecule has 3 atom stereocenters. The summed E-state index contributed by atoms with van der Waals surface area (Å²) in [5.41, 5.74) is 6.49. The Morgan fingerprint density at radius 3 is 3.19 bits per heavy atom. The van der Waals surface area contributed by atoms with Crippen LogP contribution in [0.5, 0.6) is 5.75 Å². The molecule has 1 aliphatic heterocycles. The van der Waals surface area contributed by atoms with Crippen molar-refractivity contribution in [2.75, 3.05) is 13.2 Å². The summed E-state index contributed by atoms with van der Waals surface area (Å²) in [4.78, 5) is 12.0. The van der Waals surface area contributed by atoms with E-state index in [1.807, 2.05) is 24.3 Å². The van der Waals surface area contributed by atoms with Gasteiger partial charge in [0.05, 0.1) is 0 Å². The van der Waals surface area contributed by atoms with Crippen LogP contribution in [0, 0.1) is 5.92 Å². The second-order valence-electron chi connectivity index (χ2n) is 5.72. The Morgan fingerprint density at radius 1 is 1.43 bits per heavy atom. The second-order valence-corrected chi connectivity index (χ2v) is 6.63. The van der Waals surface area contributed by atoms with Gasteiger partial charge in [-0.05, 0) is 43.4 Å². The van der Waals surface area contributed by atoms with E-state index in [1.165, 1.54) is 0 Å². The van der Waals surface area contributed by atoms with E-state index in [-0.39, 0.29) is 18.6 Å². The van der Waals surface area contributed by atoms with E-state index in [0.29, 0.717) is 17.7 Å². The van der Waals surface area contributed by atoms with Gasteiger partial charge in [-0.3, -0.25) is 15.6 Å². The predicted molar refractivity (Wildman–Crippen MR) is 83.8 cm³/mol. The maximum atomic E-state index is 12.0. The van der Waals surface area contributed by atoms with Crippen molar-refractivity contribution < 1.29 is 9.53 Å². The predicted octanol–water partition coefficient (Wildman–Crippen LogP) is 1.59. The molecule has 1 aliphatic carbocycles. The molecule has 1 aromatic carbocycles. The Morgan fingerprint density at radius 2 is 2.33 bits per heavy atom. The average molecular weight is 354 g/mol. The van der Waals surface area contributed by atoms with E-state index >= 15 is 0 Å². The number of halogens is 1. The van der Waals surface area contributed by atoms with Crippen LogP contribution in [0.15, 0.2) is 28.7 Å². The van der Waals surface area contributed by atoms with Gasteiger partial charge in [-0.1, -0.05) is 22.0 Å². The van der Waals surface area contributed by atoms with Gasteiger partial charge in [0.1, 0.15) is 5.75 Å². The number of ether oxygens (including phenoxy) is 1. The normalized spacial score (nSPS) is 28.0. The van der Waals surface area contributed by atoms with Crippen molar-refractivity contribution in [3.63, 3.8) is 0 Å². The summed E-state index contributed by atoms with van der Waals surface area (Å²) >= 11 is 3.38. The second kappa shape index (κ2) is 6.77. The van der Waals surface area contributed by atoms with Crippen LogP contribution < -0.4 is 20.9 Å². The number of amides is 1. The number of carbonyl (C=O) groups excluding carboxylic acids is 1. The van der Waals surface area contributed by atoms with E-state index in [9.17, 15) is 4.79 Å². The van der Waals surface area contributed by atoms with Crippen LogP contribution >= 0.6 is 15.9 Å². The molecule has 1 amide bonds. The van der Waals surface area contributed by atoms with Crippen molar-refractivity contribution >= 4 is 21.8 Å². The van der Waals surface area contributed by atoms with Gasteiger partial charge in [-0.15, -0.1) is 0 Å². The monoisotopic (exact) mass is 353 g/mol. The largest absolute Gasteiger partial charge is 0.484 e. The Balaban J connectivity index is 1.44. The third-order valence-electron chi connectivity index (χ3n) is 4.17. The molecule has 1 heterocycles. The number of hydrazine groups is 1. The van der Waals surface area contributed by atoms with E-state index < -0.39 is 0 Å².